The van der Waals surface area contributed by atoms with E-state index in [0.29, 0.717) is 41.7 Å². The van der Waals surface area contributed by atoms with Crippen molar-refractivity contribution in [1.82, 2.24) is 15.0 Å². The summed E-state index contributed by atoms with van der Waals surface area (Å²) in [6, 6.07) is 10.0. The number of nitrogens with zero attached hydrogens (tertiary/aromatic N) is 4. The van der Waals surface area contributed by atoms with Gasteiger partial charge in [0.2, 0.25) is 15.9 Å². The van der Waals surface area contributed by atoms with Crippen molar-refractivity contribution in [1.29, 1.82) is 0 Å². The van der Waals surface area contributed by atoms with E-state index in [-0.39, 0.29) is 6.10 Å². The fraction of sp³-hybridized carbons (Fsp3) is 0.480. The molecule has 10 nitrogen and oxygen atoms in total. The van der Waals surface area contributed by atoms with Gasteiger partial charge >= 0.3 is 0 Å². The first-order chi connectivity index (χ1) is 17.3. The van der Waals surface area contributed by atoms with Crippen molar-refractivity contribution >= 4 is 38.2 Å². The lowest BCUT2D eigenvalue weighted by atomic mass is 9.93. The van der Waals surface area contributed by atoms with E-state index in [1.807, 2.05) is 31.2 Å². The van der Waals surface area contributed by atoms with Crippen LogP contribution in [0.4, 0.5) is 17.3 Å². The average Bonchev–Trinajstić information content (AvgIpc) is 2.85. The van der Waals surface area contributed by atoms with E-state index >= 15 is 0 Å². The van der Waals surface area contributed by atoms with Crippen molar-refractivity contribution in [3.63, 3.8) is 0 Å². The molecule has 36 heavy (non-hydrogen) atoms. The maximum absolute atomic E-state index is 11.8. The maximum atomic E-state index is 11.8. The molecule has 192 valence electrons. The van der Waals surface area contributed by atoms with Crippen molar-refractivity contribution in [2.24, 2.45) is 0 Å². The summed E-state index contributed by atoms with van der Waals surface area (Å²) in [6.07, 6.45) is 6.32. The van der Waals surface area contributed by atoms with Gasteiger partial charge in [0.05, 0.1) is 42.3 Å². The Balaban J connectivity index is 1.35. The van der Waals surface area contributed by atoms with Gasteiger partial charge in [-0.25, -0.2) is 13.4 Å². The van der Waals surface area contributed by atoms with Crippen LogP contribution in [0.5, 0.6) is 5.88 Å². The summed E-state index contributed by atoms with van der Waals surface area (Å²) >= 11 is 0. The lowest BCUT2D eigenvalue weighted by molar-refractivity contribution is 0.122. The van der Waals surface area contributed by atoms with Crippen LogP contribution in [0.15, 0.2) is 36.5 Å². The SMILES string of the molecule is Cc1cccc(NC2CCC(Oc3nc(N4CCOCC4)cc4ncc(NS(C)(=O)=O)cc34)CC2)n1. The zero-order chi connectivity index (χ0) is 25.1. The molecule has 0 bridgehead atoms. The third kappa shape index (κ3) is 6.14. The minimum Gasteiger partial charge on any atom is -0.474 e. The molecule has 0 radical (unpaired) electrons. The number of fused-ring (bicyclic) bond motifs is 1. The van der Waals surface area contributed by atoms with Crippen molar-refractivity contribution in [2.45, 2.75) is 44.8 Å². The van der Waals surface area contributed by atoms with Crippen molar-refractivity contribution in [3.05, 3.63) is 42.2 Å². The number of anilines is 3. The van der Waals surface area contributed by atoms with Crippen LogP contribution in [0, 0.1) is 6.92 Å². The number of aryl methyl sites for hydroxylation is 1. The van der Waals surface area contributed by atoms with E-state index in [2.05, 4.69) is 24.9 Å². The summed E-state index contributed by atoms with van der Waals surface area (Å²) in [5.41, 5.74) is 2.09. The molecule has 2 aliphatic rings. The number of hydrogen-bond acceptors (Lipinski definition) is 9. The standard InChI is InChI=1S/C25H32N6O4S/c1-17-4-3-5-23(27-17)28-18-6-8-20(9-7-18)35-25-21-14-19(30-36(2,32)33)16-26-22(21)15-24(29-25)31-10-12-34-13-11-31/h3-5,14-16,18,20,30H,6-13H2,1-2H3,(H,27,28). The van der Waals surface area contributed by atoms with Crippen molar-refractivity contribution in [3.8, 4) is 5.88 Å². The fourth-order valence-corrected chi connectivity index (χ4v) is 5.25. The number of sulfonamides is 1. The quantitative estimate of drug-likeness (QED) is 0.491. The van der Waals surface area contributed by atoms with Crippen LogP contribution in [-0.2, 0) is 14.8 Å². The Bertz CT molecular complexity index is 1320. The highest BCUT2D eigenvalue weighted by molar-refractivity contribution is 7.92. The number of morpholine rings is 1. The summed E-state index contributed by atoms with van der Waals surface area (Å²) in [7, 11) is -3.43. The Morgan fingerprint density at radius 1 is 1.08 bits per heavy atom. The molecular weight excluding hydrogens is 480 g/mol. The van der Waals surface area contributed by atoms with Gasteiger partial charge in [-0.1, -0.05) is 6.07 Å². The Labute approximate surface area is 211 Å². The first-order valence-corrected chi connectivity index (χ1v) is 14.2. The van der Waals surface area contributed by atoms with Crippen LogP contribution in [-0.4, -0.2) is 68.1 Å². The van der Waals surface area contributed by atoms with E-state index in [1.165, 1.54) is 6.20 Å². The fourth-order valence-electron chi connectivity index (χ4n) is 4.71. The van der Waals surface area contributed by atoms with E-state index in [4.69, 9.17) is 14.5 Å². The molecule has 0 unspecified atom stereocenters. The number of rotatable bonds is 7. The minimum absolute atomic E-state index is 0.00989. The normalized spacial score (nSPS) is 20.8. The van der Waals surface area contributed by atoms with Crippen molar-refractivity contribution < 1.29 is 17.9 Å². The molecule has 4 heterocycles. The molecule has 1 saturated carbocycles. The largest absolute Gasteiger partial charge is 0.474 e. The van der Waals surface area contributed by atoms with Crippen LogP contribution in [0.1, 0.15) is 31.4 Å². The van der Waals surface area contributed by atoms with Gasteiger partial charge in [0.1, 0.15) is 17.7 Å². The molecule has 2 N–H and O–H groups in total. The highest BCUT2D eigenvalue weighted by atomic mass is 32.2. The van der Waals surface area contributed by atoms with Gasteiger partial charge in [-0.15, -0.1) is 0 Å². The minimum atomic E-state index is -3.43. The van der Waals surface area contributed by atoms with Crippen molar-refractivity contribution in [2.75, 3.05) is 47.5 Å². The predicted octanol–water partition coefficient (Wildman–Crippen LogP) is 3.34. The van der Waals surface area contributed by atoms with Crippen LogP contribution < -0.4 is 19.7 Å². The third-order valence-electron chi connectivity index (χ3n) is 6.46. The molecule has 0 amide bonds. The lowest BCUT2D eigenvalue weighted by Crippen LogP contribution is -2.37. The number of nitrogens with one attached hydrogen (secondary N) is 2. The molecule has 0 atom stereocenters. The van der Waals surface area contributed by atoms with Gasteiger partial charge in [-0.3, -0.25) is 9.71 Å². The monoisotopic (exact) mass is 512 g/mol. The first kappa shape index (κ1) is 24.5. The molecule has 0 spiro atoms. The molecule has 5 rings (SSSR count). The Morgan fingerprint density at radius 3 is 2.58 bits per heavy atom. The lowest BCUT2D eigenvalue weighted by Gasteiger charge is -2.31. The molecule has 1 saturated heterocycles. The Hall–Kier alpha value is -3.18. The van der Waals surface area contributed by atoms with E-state index in [0.717, 1.165) is 62.4 Å². The second-order valence-electron chi connectivity index (χ2n) is 9.45. The summed E-state index contributed by atoms with van der Waals surface area (Å²) in [6.45, 7) is 4.77. The van der Waals surface area contributed by atoms with Crippen LogP contribution >= 0.6 is 0 Å². The molecule has 1 aliphatic carbocycles. The predicted molar refractivity (Wildman–Crippen MR) is 140 cm³/mol. The highest BCUT2D eigenvalue weighted by Gasteiger charge is 2.25. The molecule has 11 heteroatoms. The van der Waals surface area contributed by atoms with E-state index < -0.39 is 10.0 Å². The van der Waals surface area contributed by atoms with Gasteiger partial charge in [0.25, 0.3) is 0 Å². The van der Waals surface area contributed by atoms with Gasteiger partial charge in [0, 0.05) is 30.9 Å². The second-order valence-corrected chi connectivity index (χ2v) is 11.2. The number of hydrogen-bond donors (Lipinski definition) is 2. The summed E-state index contributed by atoms with van der Waals surface area (Å²) in [5.74, 6) is 2.18. The van der Waals surface area contributed by atoms with E-state index in [9.17, 15) is 8.42 Å². The molecular formula is C25H32N6O4S. The van der Waals surface area contributed by atoms with Crippen LogP contribution in [0.2, 0.25) is 0 Å². The zero-order valence-corrected chi connectivity index (χ0v) is 21.4. The third-order valence-corrected chi connectivity index (χ3v) is 7.07. The number of aromatic nitrogens is 3. The first-order valence-electron chi connectivity index (χ1n) is 12.3. The summed E-state index contributed by atoms with van der Waals surface area (Å²) in [4.78, 5) is 16.1. The second kappa shape index (κ2) is 10.4. The van der Waals surface area contributed by atoms with Gasteiger partial charge in [0.15, 0.2) is 0 Å². The summed E-state index contributed by atoms with van der Waals surface area (Å²) in [5, 5.41) is 4.23. The number of pyridine rings is 3. The van der Waals surface area contributed by atoms with Gasteiger partial charge in [-0.2, -0.15) is 4.98 Å². The molecule has 3 aromatic heterocycles. The molecule has 1 aliphatic heterocycles. The van der Waals surface area contributed by atoms with Gasteiger partial charge < -0.3 is 19.7 Å². The Morgan fingerprint density at radius 2 is 1.86 bits per heavy atom. The molecule has 3 aromatic rings. The Kier molecular flexibility index (Phi) is 7.10. The average molecular weight is 513 g/mol. The number of ether oxygens (including phenoxy) is 2. The van der Waals surface area contributed by atoms with Crippen LogP contribution in [0.25, 0.3) is 10.9 Å². The molecule has 2 fully saturated rings. The smallest absolute Gasteiger partial charge is 0.229 e. The van der Waals surface area contributed by atoms with Gasteiger partial charge in [-0.05, 0) is 50.8 Å². The summed E-state index contributed by atoms with van der Waals surface area (Å²) < 4.78 is 38.0. The maximum Gasteiger partial charge on any atom is 0.229 e. The van der Waals surface area contributed by atoms with Crippen LogP contribution in [0.3, 0.4) is 0 Å². The zero-order valence-electron chi connectivity index (χ0n) is 20.6. The molecule has 0 aromatic carbocycles. The highest BCUT2D eigenvalue weighted by Crippen LogP contribution is 2.33. The van der Waals surface area contributed by atoms with E-state index in [1.54, 1.807) is 6.07 Å². The topological polar surface area (TPSA) is 119 Å².